The fraction of sp³-hybridized carbons (Fsp3) is 0.320. The highest BCUT2D eigenvalue weighted by atomic mass is 35.5. The summed E-state index contributed by atoms with van der Waals surface area (Å²) in [5.74, 6) is 0.980. The number of halogens is 1. The van der Waals surface area contributed by atoms with Crippen molar-refractivity contribution in [3.63, 3.8) is 0 Å². The van der Waals surface area contributed by atoms with Crippen molar-refractivity contribution in [2.45, 2.75) is 32.9 Å². The number of nitrogens with zero attached hydrogens (tertiary/aromatic N) is 5. The molecule has 5 rings (SSSR count). The van der Waals surface area contributed by atoms with E-state index in [1.54, 1.807) is 7.05 Å². The molecule has 0 N–H and O–H groups in total. The molecule has 170 valence electrons. The molecule has 1 atom stereocenters. The van der Waals surface area contributed by atoms with Crippen LogP contribution in [0, 0.1) is 5.92 Å². The number of hydrogen-bond acceptors (Lipinski definition) is 4. The topological polar surface area (TPSA) is 65.1 Å². The first-order chi connectivity index (χ1) is 15.9. The molecule has 0 unspecified atom stereocenters. The first-order valence-electron chi connectivity index (χ1n) is 11.2. The second-order valence-corrected chi connectivity index (χ2v) is 9.21. The largest absolute Gasteiger partial charge is 0.332 e. The molecule has 0 saturated carbocycles. The van der Waals surface area contributed by atoms with E-state index in [0.717, 1.165) is 18.7 Å². The highest BCUT2D eigenvalue weighted by Crippen LogP contribution is 2.33. The number of fused-ring (bicyclic) bond motifs is 3. The van der Waals surface area contributed by atoms with Gasteiger partial charge in [-0.05, 0) is 48.6 Å². The van der Waals surface area contributed by atoms with Gasteiger partial charge in [0.2, 0.25) is 5.95 Å². The van der Waals surface area contributed by atoms with Crippen LogP contribution in [0.5, 0.6) is 0 Å². The number of aromatic nitrogens is 4. The Morgan fingerprint density at radius 2 is 1.76 bits per heavy atom. The standard InChI is InChI=1S/C25H26ClN5O2/c1-17-15-30(20-12-10-19(26)11-13-20)24-27-22-21(31(24)16-17)23(32)29(25(33)28(22)2)14-6-9-18-7-4-3-5-8-18/h3-5,7-8,10-13,17H,6,9,14-16H2,1-2H3/t17-/m1/s1. The highest BCUT2D eigenvalue weighted by molar-refractivity contribution is 6.30. The van der Waals surface area contributed by atoms with E-state index in [-0.39, 0.29) is 11.2 Å². The molecular formula is C25H26ClN5O2. The second-order valence-electron chi connectivity index (χ2n) is 8.77. The van der Waals surface area contributed by atoms with Gasteiger partial charge >= 0.3 is 5.69 Å². The van der Waals surface area contributed by atoms with Gasteiger partial charge in [0.15, 0.2) is 11.2 Å². The minimum Gasteiger partial charge on any atom is -0.312 e. The molecule has 0 fully saturated rings. The number of rotatable bonds is 5. The van der Waals surface area contributed by atoms with Gasteiger partial charge in [0.25, 0.3) is 5.56 Å². The van der Waals surface area contributed by atoms with Crippen LogP contribution in [-0.2, 0) is 26.6 Å². The summed E-state index contributed by atoms with van der Waals surface area (Å²) in [5, 5.41) is 0.665. The maximum atomic E-state index is 13.5. The molecule has 33 heavy (non-hydrogen) atoms. The predicted octanol–water partition coefficient (Wildman–Crippen LogP) is 3.97. The van der Waals surface area contributed by atoms with E-state index in [1.165, 1.54) is 14.7 Å². The van der Waals surface area contributed by atoms with Crippen LogP contribution in [0.1, 0.15) is 18.9 Å². The van der Waals surface area contributed by atoms with Gasteiger partial charge < -0.3 is 9.47 Å². The first kappa shape index (κ1) is 21.5. The summed E-state index contributed by atoms with van der Waals surface area (Å²) >= 11 is 6.08. The Morgan fingerprint density at radius 3 is 2.48 bits per heavy atom. The van der Waals surface area contributed by atoms with E-state index in [0.29, 0.717) is 47.6 Å². The molecule has 3 heterocycles. The summed E-state index contributed by atoms with van der Waals surface area (Å²) in [6.45, 7) is 3.96. The predicted molar refractivity (Wildman–Crippen MR) is 132 cm³/mol. The summed E-state index contributed by atoms with van der Waals surface area (Å²) in [6.07, 6.45) is 1.51. The zero-order valence-electron chi connectivity index (χ0n) is 18.7. The van der Waals surface area contributed by atoms with Gasteiger partial charge in [-0.15, -0.1) is 0 Å². The van der Waals surface area contributed by atoms with E-state index in [1.807, 2.05) is 47.0 Å². The third-order valence-electron chi connectivity index (χ3n) is 6.27. The van der Waals surface area contributed by atoms with Crippen LogP contribution in [0.25, 0.3) is 11.2 Å². The Kier molecular flexibility index (Phi) is 5.58. The summed E-state index contributed by atoms with van der Waals surface area (Å²) in [7, 11) is 1.69. The van der Waals surface area contributed by atoms with Crippen LogP contribution >= 0.6 is 11.6 Å². The van der Waals surface area contributed by atoms with Crippen LogP contribution in [0.3, 0.4) is 0 Å². The van der Waals surface area contributed by atoms with Gasteiger partial charge in [-0.1, -0.05) is 48.9 Å². The Morgan fingerprint density at radius 1 is 1.03 bits per heavy atom. The second kappa shape index (κ2) is 8.56. The summed E-state index contributed by atoms with van der Waals surface area (Å²) in [6, 6.07) is 17.7. The van der Waals surface area contributed by atoms with E-state index in [2.05, 4.69) is 24.0 Å². The lowest BCUT2D eigenvalue weighted by Gasteiger charge is -2.33. The van der Waals surface area contributed by atoms with Crippen LogP contribution < -0.4 is 16.1 Å². The van der Waals surface area contributed by atoms with Crippen molar-refractivity contribution in [2.75, 3.05) is 11.4 Å². The molecule has 2 aromatic heterocycles. The van der Waals surface area contributed by atoms with Crippen LogP contribution in [-0.4, -0.2) is 25.2 Å². The van der Waals surface area contributed by atoms with Crippen molar-refractivity contribution in [1.82, 2.24) is 18.7 Å². The van der Waals surface area contributed by atoms with E-state index < -0.39 is 0 Å². The maximum Gasteiger partial charge on any atom is 0.332 e. The van der Waals surface area contributed by atoms with Crippen LogP contribution in [0.15, 0.2) is 64.2 Å². The molecule has 0 bridgehead atoms. The van der Waals surface area contributed by atoms with Crippen LogP contribution in [0.4, 0.5) is 11.6 Å². The zero-order valence-corrected chi connectivity index (χ0v) is 19.5. The zero-order chi connectivity index (χ0) is 23.1. The third-order valence-corrected chi connectivity index (χ3v) is 6.52. The van der Waals surface area contributed by atoms with E-state index >= 15 is 0 Å². The molecule has 1 aliphatic heterocycles. The average Bonchev–Trinajstić information content (AvgIpc) is 3.20. The Hall–Kier alpha value is -3.32. The van der Waals surface area contributed by atoms with Crippen molar-refractivity contribution in [3.05, 3.63) is 86.0 Å². The molecule has 8 heteroatoms. The van der Waals surface area contributed by atoms with Crippen molar-refractivity contribution < 1.29 is 0 Å². The minimum atomic E-state index is -0.331. The van der Waals surface area contributed by atoms with Gasteiger partial charge in [-0.25, -0.2) is 4.79 Å². The van der Waals surface area contributed by atoms with Crippen molar-refractivity contribution in [2.24, 2.45) is 13.0 Å². The molecule has 0 spiro atoms. The highest BCUT2D eigenvalue weighted by Gasteiger charge is 2.29. The molecule has 7 nitrogen and oxygen atoms in total. The van der Waals surface area contributed by atoms with Gasteiger partial charge in [-0.2, -0.15) is 4.98 Å². The summed E-state index contributed by atoms with van der Waals surface area (Å²) in [5.41, 5.74) is 2.45. The lowest BCUT2D eigenvalue weighted by atomic mass is 10.1. The molecule has 0 radical (unpaired) electrons. The number of imidazole rings is 1. The lowest BCUT2D eigenvalue weighted by molar-refractivity contribution is 0.457. The molecule has 0 aliphatic carbocycles. The summed E-state index contributed by atoms with van der Waals surface area (Å²) < 4.78 is 4.81. The van der Waals surface area contributed by atoms with Crippen LogP contribution in [0.2, 0.25) is 5.02 Å². The normalized spacial score (nSPS) is 15.7. The molecule has 2 aromatic carbocycles. The van der Waals surface area contributed by atoms with Gasteiger partial charge in [0.05, 0.1) is 0 Å². The maximum absolute atomic E-state index is 13.5. The lowest BCUT2D eigenvalue weighted by Crippen LogP contribution is -2.40. The number of hydrogen-bond donors (Lipinski definition) is 0. The number of benzene rings is 2. The van der Waals surface area contributed by atoms with Crippen molar-refractivity contribution >= 4 is 34.4 Å². The molecule has 0 amide bonds. The molecule has 1 aliphatic rings. The third kappa shape index (κ3) is 3.86. The van der Waals surface area contributed by atoms with Gasteiger partial charge in [0, 0.05) is 37.4 Å². The Labute approximate surface area is 196 Å². The molecule has 4 aromatic rings. The average molecular weight is 464 g/mol. The van der Waals surface area contributed by atoms with Crippen molar-refractivity contribution in [1.29, 1.82) is 0 Å². The fourth-order valence-corrected chi connectivity index (χ4v) is 4.75. The first-order valence-corrected chi connectivity index (χ1v) is 11.6. The monoisotopic (exact) mass is 463 g/mol. The fourth-order valence-electron chi connectivity index (χ4n) is 4.63. The van der Waals surface area contributed by atoms with E-state index in [9.17, 15) is 9.59 Å². The van der Waals surface area contributed by atoms with Gasteiger partial charge in [0.1, 0.15) is 0 Å². The molecule has 0 saturated heterocycles. The van der Waals surface area contributed by atoms with Gasteiger partial charge in [-0.3, -0.25) is 13.9 Å². The Balaban J connectivity index is 1.57. The quantitative estimate of drug-likeness (QED) is 0.449. The smallest absolute Gasteiger partial charge is 0.312 e. The minimum absolute atomic E-state index is 0.273. The SMILES string of the molecule is C[C@@H]1CN(c2ccc(Cl)cc2)c2nc3c(c(=O)n(CCCc4ccccc4)c(=O)n3C)n2C1. The van der Waals surface area contributed by atoms with Crippen molar-refractivity contribution in [3.8, 4) is 0 Å². The number of anilines is 2. The number of aryl methyl sites for hydroxylation is 2. The Bertz CT molecular complexity index is 1420. The molecular weight excluding hydrogens is 438 g/mol. The summed E-state index contributed by atoms with van der Waals surface area (Å²) in [4.78, 5) is 33.4. The van der Waals surface area contributed by atoms with E-state index in [4.69, 9.17) is 16.6 Å².